The smallest absolute Gasteiger partial charge is 0.320 e. The van der Waals surface area contributed by atoms with Gasteiger partial charge in [-0.15, -0.1) is 0 Å². The van der Waals surface area contributed by atoms with Crippen molar-refractivity contribution in [2.75, 3.05) is 45.8 Å². The van der Waals surface area contributed by atoms with E-state index in [0.29, 0.717) is 48.9 Å². The molecular formula is C25H31N7O5. The van der Waals surface area contributed by atoms with Gasteiger partial charge in [-0.1, -0.05) is 18.2 Å². The lowest BCUT2D eigenvalue weighted by atomic mass is 10.1. The van der Waals surface area contributed by atoms with Gasteiger partial charge in [0.25, 0.3) is 11.5 Å². The van der Waals surface area contributed by atoms with Crippen molar-refractivity contribution in [1.82, 2.24) is 30.0 Å². The van der Waals surface area contributed by atoms with E-state index in [9.17, 15) is 14.4 Å². The summed E-state index contributed by atoms with van der Waals surface area (Å²) in [5.41, 5.74) is 2.08. The van der Waals surface area contributed by atoms with Crippen LogP contribution in [0.4, 0.5) is 10.6 Å². The maximum atomic E-state index is 13.0. The Morgan fingerprint density at radius 3 is 2.70 bits per heavy atom. The molecule has 2 aromatic heterocycles. The molecule has 12 heteroatoms. The van der Waals surface area contributed by atoms with E-state index in [2.05, 4.69) is 16.0 Å². The second-order valence-electron chi connectivity index (χ2n) is 8.68. The molecule has 1 saturated heterocycles. The van der Waals surface area contributed by atoms with Crippen LogP contribution in [0.25, 0.3) is 16.9 Å². The Balaban J connectivity index is 1.66. The second-order valence-corrected chi connectivity index (χ2v) is 8.68. The lowest BCUT2D eigenvalue weighted by Gasteiger charge is -2.15. The number of hydrogen-bond acceptors (Lipinski definition) is 7. The number of carbonyl (C=O) groups excluding carboxylic acids is 2. The predicted molar refractivity (Wildman–Crippen MR) is 138 cm³/mol. The topological polar surface area (TPSA) is 132 Å². The predicted octanol–water partition coefficient (Wildman–Crippen LogP) is 1.29. The summed E-state index contributed by atoms with van der Waals surface area (Å²) in [6.45, 7) is 3.87. The molecule has 3 heterocycles. The average molecular weight is 510 g/mol. The number of methoxy groups -OCH3 is 1. The molecule has 0 aliphatic carbocycles. The number of anilines is 1. The third kappa shape index (κ3) is 5.71. The van der Waals surface area contributed by atoms with Crippen molar-refractivity contribution in [3.63, 3.8) is 0 Å². The van der Waals surface area contributed by atoms with E-state index in [-0.39, 0.29) is 11.6 Å². The van der Waals surface area contributed by atoms with Crippen LogP contribution in [0.5, 0.6) is 0 Å². The molecule has 0 bridgehead atoms. The minimum absolute atomic E-state index is 0.00248. The Kier molecular flexibility index (Phi) is 8.01. The molecule has 3 aromatic rings. The third-order valence-electron chi connectivity index (χ3n) is 6.05. The zero-order valence-corrected chi connectivity index (χ0v) is 21.3. The van der Waals surface area contributed by atoms with Crippen LogP contribution in [0, 0.1) is 6.92 Å². The number of ether oxygens (including phenoxy) is 1. The maximum Gasteiger partial charge on any atom is 0.320 e. The molecule has 4 rings (SSSR count). The molecule has 0 radical (unpaired) electrons. The van der Waals surface area contributed by atoms with Crippen LogP contribution in [0.1, 0.15) is 15.9 Å². The first-order chi connectivity index (χ1) is 17.8. The van der Waals surface area contributed by atoms with Gasteiger partial charge in [-0.2, -0.15) is 10.2 Å². The fraction of sp³-hybridized carbons (Fsp3) is 0.360. The van der Waals surface area contributed by atoms with E-state index in [1.165, 1.54) is 17.7 Å². The minimum atomic E-state index is -0.487. The normalized spacial score (nSPS) is 15.5. The molecule has 0 saturated carbocycles. The monoisotopic (exact) mass is 509 g/mol. The first kappa shape index (κ1) is 26.1. The van der Waals surface area contributed by atoms with E-state index in [0.717, 1.165) is 5.69 Å². The van der Waals surface area contributed by atoms with Gasteiger partial charge in [-0.05, 0) is 25.1 Å². The van der Waals surface area contributed by atoms with Crippen molar-refractivity contribution in [1.29, 1.82) is 0 Å². The van der Waals surface area contributed by atoms with Crippen LogP contribution in [-0.2, 0) is 16.6 Å². The zero-order valence-electron chi connectivity index (χ0n) is 21.3. The number of aryl methyl sites for hydroxylation is 1. The van der Waals surface area contributed by atoms with Crippen LogP contribution >= 0.6 is 0 Å². The fourth-order valence-electron chi connectivity index (χ4n) is 4.12. The molecule has 1 fully saturated rings. The molecular weight excluding hydrogens is 478 g/mol. The van der Waals surface area contributed by atoms with Gasteiger partial charge in [0.15, 0.2) is 0 Å². The van der Waals surface area contributed by atoms with Crippen molar-refractivity contribution in [3.05, 3.63) is 64.1 Å². The number of hydrogen-bond donors (Lipinski definition) is 3. The largest absolute Gasteiger partial charge is 0.383 e. The molecule has 37 heavy (non-hydrogen) atoms. The average Bonchev–Trinajstić information content (AvgIpc) is 3.48. The van der Waals surface area contributed by atoms with E-state index >= 15 is 0 Å². The van der Waals surface area contributed by atoms with Gasteiger partial charge in [0.05, 0.1) is 30.6 Å². The summed E-state index contributed by atoms with van der Waals surface area (Å²) < 4.78 is 8.05. The molecule has 1 aliphatic heterocycles. The third-order valence-corrected chi connectivity index (χ3v) is 6.05. The molecule has 1 atom stereocenters. The summed E-state index contributed by atoms with van der Waals surface area (Å²) >= 11 is 0. The highest BCUT2D eigenvalue weighted by Crippen LogP contribution is 2.30. The van der Waals surface area contributed by atoms with E-state index < -0.39 is 17.5 Å². The second kappa shape index (κ2) is 11.4. The number of amides is 3. The number of urea groups is 1. The van der Waals surface area contributed by atoms with Gasteiger partial charge >= 0.3 is 6.03 Å². The van der Waals surface area contributed by atoms with Gasteiger partial charge in [0.1, 0.15) is 11.4 Å². The number of aromatic nitrogens is 3. The van der Waals surface area contributed by atoms with Gasteiger partial charge in [-0.25, -0.2) is 9.48 Å². The summed E-state index contributed by atoms with van der Waals surface area (Å²) in [6, 6.07) is 10.3. The van der Waals surface area contributed by atoms with Crippen LogP contribution in [0.15, 0.2) is 47.4 Å². The van der Waals surface area contributed by atoms with Crippen LogP contribution in [0.2, 0.25) is 0 Å². The molecule has 1 aliphatic rings. The number of pyridine rings is 1. The number of benzene rings is 1. The standard InChI is InChI=1S/C25H31N7O5/c1-16-21(17-12-20(23(33)26-2)24(34)30(3)13-17)29-32(19-8-6-5-7-9-19)22(16)28-25(35)27-18-14-31(37-15-18)10-11-36-4/h5-9,12-13,18H,10-11,14-15H2,1-4H3,(H,26,33)(H2,27,28,35)/t18-/m1/s1. The Bertz CT molecular complexity index is 1340. The van der Waals surface area contributed by atoms with Gasteiger partial charge in [0.2, 0.25) is 0 Å². The van der Waals surface area contributed by atoms with Gasteiger partial charge < -0.3 is 19.9 Å². The summed E-state index contributed by atoms with van der Waals surface area (Å²) in [5, 5.41) is 14.9. The van der Waals surface area contributed by atoms with Crippen LogP contribution in [-0.4, -0.2) is 77.9 Å². The molecule has 196 valence electrons. The lowest BCUT2D eigenvalue weighted by Crippen LogP contribution is -2.41. The molecule has 3 N–H and O–H groups in total. The molecule has 3 amide bonds. The van der Waals surface area contributed by atoms with E-state index in [1.54, 1.807) is 30.1 Å². The highest BCUT2D eigenvalue weighted by molar-refractivity contribution is 5.95. The number of nitrogens with one attached hydrogen (secondary N) is 3. The highest BCUT2D eigenvalue weighted by atomic mass is 16.7. The van der Waals surface area contributed by atoms with Crippen molar-refractivity contribution in [3.8, 4) is 16.9 Å². The number of para-hydroxylation sites is 1. The molecule has 1 aromatic carbocycles. The van der Waals surface area contributed by atoms with Crippen LogP contribution < -0.4 is 21.5 Å². The van der Waals surface area contributed by atoms with Crippen molar-refractivity contribution < 1.29 is 19.2 Å². The Labute approximate surface area is 214 Å². The summed E-state index contributed by atoms with van der Waals surface area (Å²) in [6.07, 6.45) is 1.62. The fourth-order valence-corrected chi connectivity index (χ4v) is 4.12. The first-order valence-corrected chi connectivity index (χ1v) is 11.8. The Morgan fingerprint density at radius 2 is 2.00 bits per heavy atom. The summed E-state index contributed by atoms with van der Waals surface area (Å²) in [4.78, 5) is 43.4. The zero-order chi connectivity index (χ0) is 26.5. The number of carbonyl (C=O) groups is 2. The van der Waals surface area contributed by atoms with E-state index in [1.807, 2.05) is 37.3 Å². The van der Waals surface area contributed by atoms with Crippen molar-refractivity contribution >= 4 is 17.8 Å². The molecule has 0 unspecified atom stereocenters. The number of rotatable bonds is 8. The molecule has 12 nitrogen and oxygen atoms in total. The van der Waals surface area contributed by atoms with Gasteiger partial charge in [-0.3, -0.25) is 19.7 Å². The minimum Gasteiger partial charge on any atom is -0.383 e. The Hall–Kier alpha value is -4.00. The number of nitrogens with zero attached hydrogens (tertiary/aromatic N) is 4. The summed E-state index contributed by atoms with van der Waals surface area (Å²) in [7, 11) is 4.67. The maximum absolute atomic E-state index is 13.0. The van der Waals surface area contributed by atoms with Crippen molar-refractivity contribution in [2.24, 2.45) is 7.05 Å². The Morgan fingerprint density at radius 1 is 1.24 bits per heavy atom. The molecule has 0 spiro atoms. The van der Waals surface area contributed by atoms with Gasteiger partial charge in [0, 0.05) is 51.6 Å². The summed E-state index contributed by atoms with van der Waals surface area (Å²) in [5.74, 6) is -0.0251. The van der Waals surface area contributed by atoms with E-state index in [4.69, 9.17) is 14.7 Å². The van der Waals surface area contributed by atoms with Crippen LogP contribution in [0.3, 0.4) is 0 Å². The van der Waals surface area contributed by atoms with Crippen molar-refractivity contribution in [2.45, 2.75) is 13.0 Å². The number of hydroxylamine groups is 2. The SMILES string of the molecule is CNC(=O)c1cc(-c2nn(-c3ccccc3)c(NC(=O)N[C@H]3CON(CCOC)C3)c2C)cn(C)c1=O. The quantitative estimate of drug-likeness (QED) is 0.417. The lowest BCUT2D eigenvalue weighted by molar-refractivity contribution is -0.118. The highest BCUT2D eigenvalue weighted by Gasteiger charge is 2.26. The first-order valence-electron chi connectivity index (χ1n) is 11.8.